The molecule has 2 rings (SSSR count). The number of aliphatic hydroxyl groups excluding tert-OH is 1. The largest absolute Gasteiger partial charge is 0.388 e. The third-order valence-corrected chi connectivity index (χ3v) is 4.19. The van der Waals surface area contributed by atoms with Crippen LogP contribution in [0.2, 0.25) is 0 Å². The van der Waals surface area contributed by atoms with Crippen molar-refractivity contribution >= 4 is 11.9 Å². The van der Waals surface area contributed by atoms with Crippen LogP contribution < -0.4 is 16.0 Å². The van der Waals surface area contributed by atoms with Gasteiger partial charge in [0.05, 0.1) is 12.6 Å². The summed E-state index contributed by atoms with van der Waals surface area (Å²) in [4.78, 5) is 16.5. The van der Waals surface area contributed by atoms with Crippen LogP contribution in [0.25, 0.3) is 0 Å². The second-order valence-corrected chi connectivity index (χ2v) is 6.40. The molecule has 0 aliphatic heterocycles. The number of carbonyl (C=O) groups excluding carboxylic acids is 1. The van der Waals surface area contributed by atoms with E-state index in [0.717, 1.165) is 17.7 Å². The molecule has 0 radical (unpaired) electrons. The van der Waals surface area contributed by atoms with E-state index in [4.69, 9.17) is 0 Å². The molecule has 0 aliphatic rings. The van der Waals surface area contributed by atoms with Crippen LogP contribution in [0.1, 0.15) is 47.9 Å². The van der Waals surface area contributed by atoms with Crippen LogP contribution >= 0.6 is 0 Å². The highest BCUT2D eigenvalue weighted by molar-refractivity contribution is 5.94. The summed E-state index contributed by atoms with van der Waals surface area (Å²) in [5, 5.41) is 19.5. The number of nitrogens with one attached hydrogen (secondary N) is 3. The van der Waals surface area contributed by atoms with E-state index in [-0.39, 0.29) is 5.91 Å². The van der Waals surface area contributed by atoms with Crippen molar-refractivity contribution in [3.63, 3.8) is 0 Å². The predicted octanol–water partition coefficient (Wildman–Crippen LogP) is 2.62. The molecule has 1 atom stereocenters. The zero-order valence-corrected chi connectivity index (χ0v) is 16.6. The number of carbonyl (C=O) groups is 1. The predicted molar refractivity (Wildman–Crippen MR) is 113 cm³/mol. The molecule has 150 valence electrons. The molecule has 0 saturated carbocycles. The van der Waals surface area contributed by atoms with Gasteiger partial charge >= 0.3 is 0 Å². The Labute approximate surface area is 167 Å². The number of nitrogens with zero attached hydrogens (tertiary/aromatic N) is 1. The van der Waals surface area contributed by atoms with Gasteiger partial charge in [0.15, 0.2) is 5.96 Å². The van der Waals surface area contributed by atoms with Crippen LogP contribution in [-0.4, -0.2) is 36.6 Å². The van der Waals surface area contributed by atoms with Gasteiger partial charge in [0, 0.05) is 25.2 Å². The number of aliphatic hydroxyl groups is 1. The Morgan fingerprint density at radius 1 is 1.00 bits per heavy atom. The first-order valence-corrected chi connectivity index (χ1v) is 9.76. The average molecular weight is 383 g/mol. The van der Waals surface area contributed by atoms with Crippen molar-refractivity contribution in [1.82, 2.24) is 16.0 Å². The molecule has 1 unspecified atom stereocenters. The minimum Gasteiger partial charge on any atom is -0.388 e. The minimum absolute atomic E-state index is 0.0757. The van der Waals surface area contributed by atoms with Crippen molar-refractivity contribution in [2.75, 3.05) is 19.6 Å². The van der Waals surface area contributed by atoms with E-state index in [2.05, 4.69) is 20.9 Å². The number of guanidine groups is 1. The highest BCUT2D eigenvalue weighted by atomic mass is 16.3. The first-order valence-electron chi connectivity index (χ1n) is 9.76. The summed E-state index contributed by atoms with van der Waals surface area (Å²) in [6.07, 6.45) is 0.0755. The Morgan fingerprint density at radius 2 is 1.75 bits per heavy atom. The van der Waals surface area contributed by atoms with E-state index >= 15 is 0 Å². The van der Waals surface area contributed by atoms with E-state index in [0.29, 0.717) is 37.6 Å². The van der Waals surface area contributed by atoms with Gasteiger partial charge in [-0.2, -0.15) is 0 Å². The third-order valence-electron chi connectivity index (χ3n) is 4.19. The summed E-state index contributed by atoms with van der Waals surface area (Å²) in [5.74, 6) is 0.611. The quantitative estimate of drug-likeness (QED) is 0.397. The normalized spacial score (nSPS) is 12.3. The molecule has 0 saturated heterocycles. The van der Waals surface area contributed by atoms with Crippen LogP contribution in [-0.2, 0) is 6.54 Å². The summed E-state index contributed by atoms with van der Waals surface area (Å²) in [6, 6.07) is 17.1. The molecule has 2 aromatic carbocycles. The van der Waals surface area contributed by atoms with Gasteiger partial charge in [-0.15, -0.1) is 0 Å². The maximum Gasteiger partial charge on any atom is 0.251 e. The lowest BCUT2D eigenvalue weighted by atomic mass is 10.1. The molecule has 2 aromatic rings. The molecule has 0 spiro atoms. The van der Waals surface area contributed by atoms with Crippen molar-refractivity contribution < 1.29 is 9.90 Å². The number of amides is 1. The molecule has 0 fully saturated rings. The standard InChI is InChI=1S/C22H30N4O2/c1-3-23-21(28)19-12-8-9-17(15-19)16-26-22(24-4-2)25-14-13-20(27)18-10-6-5-7-11-18/h5-12,15,20,27H,3-4,13-14,16H2,1-2H3,(H,23,28)(H2,24,25,26). The van der Waals surface area contributed by atoms with Gasteiger partial charge in [-0.05, 0) is 43.5 Å². The van der Waals surface area contributed by atoms with E-state index in [9.17, 15) is 9.90 Å². The molecular formula is C22H30N4O2. The number of hydrogen-bond donors (Lipinski definition) is 4. The summed E-state index contributed by atoms with van der Waals surface area (Å²) in [5.41, 5.74) is 2.51. The van der Waals surface area contributed by atoms with E-state index < -0.39 is 6.10 Å². The fraction of sp³-hybridized carbons (Fsp3) is 0.364. The maximum atomic E-state index is 12.0. The second kappa shape index (κ2) is 11.8. The molecule has 6 nitrogen and oxygen atoms in total. The third kappa shape index (κ3) is 7.04. The van der Waals surface area contributed by atoms with E-state index in [1.54, 1.807) is 6.07 Å². The molecule has 28 heavy (non-hydrogen) atoms. The Morgan fingerprint density at radius 3 is 2.46 bits per heavy atom. The lowest BCUT2D eigenvalue weighted by Gasteiger charge is -2.14. The minimum atomic E-state index is -0.509. The fourth-order valence-electron chi connectivity index (χ4n) is 2.75. The van der Waals surface area contributed by atoms with Crippen LogP contribution in [0.15, 0.2) is 59.6 Å². The van der Waals surface area contributed by atoms with Gasteiger partial charge in [-0.25, -0.2) is 4.99 Å². The molecule has 0 heterocycles. The number of aliphatic imine (C=N–C) groups is 1. The summed E-state index contributed by atoms with van der Waals surface area (Å²) in [7, 11) is 0. The lowest BCUT2D eigenvalue weighted by Crippen LogP contribution is -2.38. The van der Waals surface area contributed by atoms with Crippen molar-refractivity contribution in [2.24, 2.45) is 4.99 Å². The van der Waals surface area contributed by atoms with Gasteiger partial charge in [-0.1, -0.05) is 42.5 Å². The molecule has 0 aromatic heterocycles. The van der Waals surface area contributed by atoms with Gasteiger partial charge in [-0.3, -0.25) is 4.79 Å². The van der Waals surface area contributed by atoms with Crippen LogP contribution in [0.4, 0.5) is 0 Å². The average Bonchev–Trinajstić information content (AvgIpc) is 2.73. The zero-order chi connectivity index (χ0) is 20.2. The van der Waals surface area contributed by atoms with E-state index in [1.807, 2.05) is 62.4 Å². The van der Waals surface area contributed by atoms with Gasteiger partial charge in [0.25, 0.3) is 5.91 Å². The molecule has 1 amide bonds. The number of hydrogen-bond acceptors (Lipinski definition) is 3. The van der Waals surface area contributed by atoms with Crippen molar-refractivity contribution in [3.8, 4) is 0 Å². The first kappa shape index (κ1) is 21.4. The van der Waals surface area contributed by atoms with Crippen molar-refractivity contribution in [2.45, 2.75) is 32.9 Å². The van der Waals surface area contributed by atoms with Crippen molar-refractivity contribution in [3.05, 3.63) is 71.3 Å². The number of benzene rings is 2. The number of rotatable bonds is 9. The molecule has 0 aliphatic carbocycles. The Bertz CT molecular complexity index is 762. The van der Waals surface area contributed by atoms with E-state index in [1.165, 1.54) is 0 Å². The zero-order valence-electron chi connectivity index (χ0n) is 16.6. The molecule has 0 bridgehead atoms. The molecular weight excluding hydrogens is 352 g/mol. The van der Waals surface area contributed by atoms with Gasteiger partial charge in [0.2, 0.25) is 0 Å². The highest BCUT2D eigenvalue weighted by Gasteiger charge is 2.07. The molecule has 6 heteroatoms. The summed E-state index contributed by atoms with van der Waals surface area (Å²) in [6.45, 7) is 6.31. The monoisotopic (exact) mass is 382 g/mol. The second-order valence-electron chi connectivity index (χ2n) is 6.40. The van der Waals surface area contributed by atoms with Gasteiger partial charge < -0.3 is 21.1 Å². The highest BCUT2D eigenvalue weighted by Crippen LogP contribution is 2.14. The lowest BCUT2D eigenvalue weighted by molar-refractivity contribution is 0.0955. The Kier molecular flexibility index (Phi) is 9.01. The smallest absolute Gasteiger partial charge is 0.251 e. The topological polar surface area (TPSA) is 85.8 Å². The summed E-state index contributed by atoms with van der Waals surface area (Å²) < 4.78 is 0. The Hall–Kier alpha value is -2.86. The van der Waals surface area contributed by atoms with Crippen molar-refractivity contribution in [1.29, 1.82) is 0 Å². The van der Waals surface area contributed by atoms with Crippen LogP contribution in [0, 0.1) is 0 Å². The Balaban J connectivity index is 1.91. The summed E-state index contributed by atoms with van der Waals surface area (Å²) >= 11 is 0. The first-order chi connectivity index (χ1) is 13.6. The SMILES string of the molecule is CCNC(=O)c1cccc(CN=C(NCC)NCCC(O)c2ccccc2)c1. The maximum absolute atomic E-state index is 12.0. The molecule has 4 N–H and O–H groups in total. The van der Waals surface area contributed by atoms with Crippen LogP contribution in [0.3, 0.4) is 0 Å². The fourth-order valence-corrected chi connectivity index (χ4v) is 2.75. The van der Waals surface area contributed by atoms with Gasteiger partial charge in [0.1, 0.15) is 0 Å². The van der Waals surface area contributed by atoms with Crippen LogP contribution in [0.5, 0.6) is 0 Å².